The van der Waals surface area contributed by atoms with Crippen molar-refractivity contribution in [2.75, 3.05) is 13.1 Å². The molecule has 9 nitrogen and oxygen atoms in total. The minimum atomic E-state index is -0.243. The van der Waals surface area contributed by atoms with Gasteiger partial charge in [0.1, 0.15) is 0 Å². The molecule has 2 aliphatic rings. The van der Waals surface area contributed by atoms with Crippen LogP contribution in [0.5, 0.6) is 0 Å². The largest absolute Gasteiger partial charge is 0.345 e. The third-order valence-electron chi connectivity index (χ3n) is 5.53. The molecule has 9 heteroatoms. The molecule has 3 heterocycles. The number of amides is 1. The summed E-state index contributed by atoms with van der Waals surface area (Å²) in [7, 11) is 0. The fourth-order valence-electron chi connectivity index (χ4n) is 4.10. The molecule has 0 bridgehead atoms. The molecular formula is C18H28N8O. The average molecular weight is 372 g/mol. The lowest BCUT2D eigenvalue weighted by Crippen LogP contribution is -2.42. The zero-order chi connectivity index (χ0) is 18.6. The second-order valence-electron chi connectivity index (χ2n) is 7.45. The number of nitrogens with zero attached hydrogens (tertiary/aromatic N) is 6. The summed E-state index contributed by atoms with van der Waals surface area (Å²) in [5.41, 5.74) is 7.91. The molecule has 0 saturated heterocycles. The lowest BCUT2D eigenvalue weighted by Gasteiger charge is -2.36. The molecule has 0 aromatic carbocycles. The van der Waals surface area contributed by atoms with Crippen molar-refractivity contribution >= 4 is 5.91 Å². The maximum Gasteiger partial charge on any atom is 0.273 e. The Morgan fingerprint density at radius 3 is 2.93 bits per heavy atom. The van der Waals surface area contributed by atoms with Crippen molar-refractivity contribution in [1.82, 2.24) is 35.0 Å². The highest BCUT2D eigenvalue weighted by atomic mass is 16.2. The Morgan fingerprint density at radius 1 is 1.26 bits per heavy atom. The number of fused-ring (bicyclic) bond motifs is 1. The maximum absolute atomic E-state index is 12.2. The van der Waals surface area contributed by atoms with Crippen LogP contribution in [0.25, 0.3) is 0 Å². The summed E-state index contributed by atoms with van der Waals surface area (Å²) in [5, 5.41) is 15.3. The first-order chi connectivity index (χ1) is 13.2. The zero-order valence-corrected chi connectivity index (χ0v) is 15.7. The van der Waals surface area contributed by atoms with E-state index in [9.17, 15) is 4.79 Å². The molecule has 1 fully saturated rings. The number of hydrogen-bond acceptors (Lipinski definition) is 6. The number of nitrogens with two attached hydrogens (primary N) is 1. The van der Waals surface area contributed by atoms with Crippen LogP contribution in [-0.2, 0) is 26.2 Å². The highest BCUT2D eigenvalue weighted by Crippen LogP contribution is 2.26. The van der Waals surface area contributed by atoms with E-state index in [0.29, 0.717) is 25.3 Å². The molecule has 1 aliphatic heterocycles. The molecule has 2 aromatic heterocycles. The number of carbonyl (C=O) groups excluding carboxylic acids is 1. The smallest absolute Gasteiger partial charge is 0.273 e. The van der Waals surface area contributed by atoms with Gasteiger partial charge in [-0.05, 0) is 18.9 Å². The Hall–Kier alpha value is -2.26. The van der Waals surface area contributed by atoms with Gasteiger partial charge in [-0.15, -0.1) is 5.10 Å². The molecule has 3 N–H and O–H groups in total. The van der Waals surface area contributed by atoms with Crippen molar-refractivity contribution in [3.05, 3.63) is 29.3 Å². The van der Waals surface area contributed by atoms with Crippen LogP contribution in [-0.4, -0.2) is 54.7 Å². The van der Waals surface area contributed by atoms with E-state index in [1.807, 2.05) is 0 Å². The molecule has 146 valence electrons. The van der Waals surface area contributed by atoms with Crippen LogP contribution in [0.2, 0.25) is 0 Å². The van der Waals surface area contributed by atoms with E-state index in [1.165, 1.54) is 37.8 Å². The van der Waals surface area contributed by atoms with E-state index in [2.05, 4.69) is 36.4 Å². The van der Waals surface area contributed by atoms with E-state index in [1.54, 1.807) is 10.9 Å². The van der Waals surface area contributed by atoms with Crippen molar-refractivity contribution < 1.29 is 4.79 Å². The second-order valence-corrected chi connectivity index (χ2v) is 7.45. The summed E-state index contributed by atoms with van der Waals surface area (Å²) in [6, 6.07) is 2.84. The van der Waals surface area contributed by atoms with Gasteiger partial charge in [0, 0.05) is 25.7 Å². The van der Waals surface area contributed by atoms with Crippen molar-refractivity contribution in [2.24, 2.45) is 5.73 Å². The zero-order valence-electron chi connectivity index (χ0n) is 15.7. The van der Waals surface area contributed by atoms with Crippen molar-refractivity contribution in [3.8, 4) is 0 Å². The molecule has 1 saturated carbocycles. The summed E-state index contributed by atoms with van der Waals surface area (Å²) >= 11 is 0. The molecule has 27 heavy (non-hydrogen) atoms. The van der Waals surface area contributed by atoms with E-state index in [0.717, 1.165) is 31.4 Å². The fraction of sp³-hybridized carbons (Fsp3) is 0.667. The summed E-state index contributed by atoms with van der Waals surface area (Å²) in [6.45, 7) is 4.35. The maximum atomic E-state index is 12.2. The van der Waals surface area contributed by atoms with Gasteiger partial charge in [-0.3, -0.25) is 19.1 Å². The van der Waals surface area contributed by atoms with E-state index in [4.69, 9.17) is 5.73 Å². The minimum Gasteiger partial charge on any atom is -0.345 e. The predicted octanol–water partition coefficient (Wildman–Crippen LogP) is 0.512. The van der Waals surface area contributed by atoms with E-state index >= 15 is 0 Å². The van der Waals surface area contributed by atoms with E-state index < -0.39 is 0 Å². The average Bonchev–Trinajstić information content (AvgIpc) is 3.33. The first-order valence-corrected chi connectivity index (χ1v) is 9.91. The van der Waals surface area contributed by atoms with Gasteiger partial charge in [0.25, 0.3) is 5.91 Å². The van der Waals surface area contributed by atoms with Gasteiger partial charge in [-0.2, -0.15) is 5.10 Å². The Morgan fingerprint density at radius 2 is 2.11 bits per heavy atom. The topological polar surface area (TPSA) is 107 Å². The molecule has 1 amide bonds. The molecular weight excluding hydrogens is 344 g/mol. The van der Waals surface area contributed by atoms with Gasteiger partial charge in [-0.1, -0.05) is 24.5 Å². The third-order valence-corrected chi connectivity index (χ3v) is 5.53. The van der Waals surface area contributed by atoms with E-state index in [-0.39, 0.29) is 5.91 Å². The second kappa shape index (κ2) is 8.18. The van der Waals surface area contributed by atoms with Gasteiger partial charge in [0.2, 0.25) is 0 Å². The van der Waals surface area contributed by atoms with Gasteiger partial charge < -0.3 is 11.1 Å². The van der Waals surface area contributed by atoms with Crippen molar-refractivity contribution in [1.29, 1.82) is 0 Å². The van der Waals surface area contributed by atoms with Gasteiger partial charge in [-0.25, -0.2) is 0 Å². The Labute approximate surface area is 158 Å². The monoisotopic (exact) mass is 372 g/mol. The Bertz CT molecular complexity index is 776. The van der Waals surface area contributed by atoms with Crippen LogP contribution >= 0.6 is 0 Å². The number of nitrogens with one attached hydrogen (secondary N) is 1. The highest BCUT2D eigenvalue weighted by molar-refractivity contribution is 5.91. The van der Waals surface area contributed by atoms with Gasteiger partial charge in [0.15, 0.2) is 5.69 Å². The Balaban J connectivity index is 1.33. The van der Waals surface area contributed by atoms with Crippen LogP contribution in [0.15, 0.2) is 12.3 Å². The molecule has 0 spiro atoms. The molecule has 0 unspecified atom stereocenters. The molecule has 2 aromatic rings. The lowest BCUT2D eigenvalue weighted by molar-refractivity contribution is 0.0945. The number of carbonyl (C=O) groups is 1. The molecule has 1 aliphatic carbocycles. The third kappa shape index (κ3) is 4.19. The van der Waals surface area contributed by atoms with Crippen LogP contribution in [0.3, 0.4) is 0 Å². The SMILES string of the molecule is NCCn1cc(C(=O)NCc2cc3n(n2)CCN(C2CCCCC2)C3)nn1. The first kappa shape index (κ1) is 18.1. The van der Waals surface area contributed by atoms with Crippen molar-refractivity contribution in [3.63, 3.8) is 0 Å². The molecule has 0 radical (unpaired) electrons. The quantitative estimate of drug-likeness (QED) is 0.765. The van der Waals surface area contributed by atoms with Crippen LogP contribution in [0, 0.1) is 0 Å². The normalized spacial score (nSPS) is 18.4. The van der Waals surface area contributed by atoms with Gasteiger partial charge >= 0.3 is 0 Å². The first-order valence-electron chi connectivity index (χ1n) is 9.91. The van der Waals surface area contributed by atoms with Crippen LogP contribution in [0.1, 0.15) is 54.0 Å². The summed E-state index contributed by atoms with van der Waals surface area (Å²) in [6.07, 6.45) is 8.35. The van der Waals surface area contributed by atoms with Crippen LogP contribution in [0.4, 0.5) is 0 Å². The lowest BCUT2D eigenvalue weighted by atomic mass is 9.94. The van der Waals surface area contributed by atoms with Crippen LogP contribution < -0.4 is 11.1 Å². The predicted molar refractivity (Wildman–Crippen MR) is 99.8 cm³/mol. The van der Waals surface area contributed by atoms with Gasteiger partial charge in [0.05, 0.1) is 37.2 Å². The Kier molecular flexibility index (Phi) is 5.49. The minimum absolute atomic E-state index is 0.243. The molecule has 4 rings (SSSR count). The summed E-state index contributed by atoms with van der Waals surface area (Å²) in [4.78, 5) is 14.8. The number of hydrogen-bond donors (Lipinski definition) is 2. The summed E-state index contributed by atoms with van der Waals surface area (Å²) < 4.78 is 3.66. The summed E-state index contributed by atoms with van der Waals surface area (Å²) in [5.74, 6) is -0.243. The highest BCUT2D eigenvalue weighted by Gasteiger charge is 2.26. The molecule has 0 atom stereocenters. The number of aromatic nitrogens is 5. The van der Waals surface area contributed by atoms with Crippen molar-refractivity contribution in [2.45, 2.75) is 64.3 Å². The fourth-order valence-corrected chi connectivity index (χ4v) is 4.10. The number of rotatable bonds is 6. The standard InChI is InChI=1S/C18H28N8O/c19-6-7-25-13-17(21-23-25)18(27)20-11-14-10-16-12-24(8-9-26(16)22-14)15-4-2-1-3-5-15/h10,13,15H,1-9,11-12,19H2,(H,20,27).